The van der Waals surface area contributed by atoms with Crippen LogP contribution >= 0.6 is 0 Å². The summed E-state index contributed by atoms with van der Waals surface area (Å²) < 4.78 is 36.8. The Balaban J connectivity index is 2.94. The molecule has 1 radical (unpaired) electrons. The Labute approximate surface area is 78.5 Å². The van der Waals surface area contributed by atoms with Gasteiger partial charge in [0, 0.05) is 5.19 Å². The van der Waals surface area contributed by atoms with Crippen molar-refractivity contribution in [2.45, 2.75) is 13.1 Å². The highest BCUT2D eigenvalue weighted by Crippen LogP contribution is 2.07. The molecule has 0 amide bonds. The van der Waals surface area contributed by atoms with Gasteiger partial charge in [-0.15, -0.1) is 0 Å². The Bertz CT molecular complexity index is 276. The maximum Gasteiger partial charge on any atom is 0.653 e. The van der Waals surface area contributed by atoms with Crippen LogP contribution in [-0.4, -0.2) is 17.9 Å². The Morgan fingerprint density at radius 3 is 1.77 bits per heavy atom. The highest BCUT2D eigenvalue weighted by Gasteiger charge is 2.39. The van der Waals surface area contributed by atoms with Gasteiger partial charge >= 0.3 is 9.08 Å². The molecule has 13 heavy (non-hydrogen) atoms. The molecule has 0 heterocycles. The minimum absolute atomic E-state index is 0.431. The molecule has 71 valence electrons. The molecular weight excluding hydrogens is 209 g/mol. The lowest BCUT2D eigenvalue weighted by Crippen LogP contribution is -2.35. The molecule has 0 aromatic heterocycles. The normalized spacial score (nSPS) is 12.2. The second-order valence-corrected chi connectivity index (χ2v) is 7.23. The second kappa shape index (κ2) is 3.67. The first-order valence-corrected chi connectivity index (χ1v) is 8.02. The number of rotatable bonds is 2. The molecule has 0 saturated heterocycles. The van der Waals surface area contributed by atoms with Crippen LogP contribution in [0, 0.1) is 0 Å². The van der Waals surface area contributed by atoms with Crippen LogP contribution in [0.2, 0.25) is 13.1 Å². The molecule has 0 unspecified atom stereocenters. The van der Waals surface area contributed by atoms with Crippen LogP contribution in [-0.2, 0) is 0 Å². The fourth-order valence-electron chi connectivity index (χ4n) is 0.993. The lowest BCUT2D eigenvalue weighted by molar-refractivity contribution is 0.501. The molecule has 0 saturated carbocycles. The third-order valence-corrected chi connectivity index (χ3v) is 4.27. The first-order valence-electron chi connectivity index (χ1n) is 3.89. The molecule has 1 rings (SSSR count). The topological polar surface area (TPSA) is 0 Å². The van der Waals surface area contributed by atoms with Crippen LogP contribution in [0.15, 0.2) is 24.3 Å². The van der Waals surface area contributed by atoms with Gasteiger partial charge in [0.2, 0.25) is 0 Å². The van der Waals surface area contributed by atoms with E-state index in [0.717, 1.165) is 5.19 Å². The van der Waals surface area contributed by atoms with E-state index in [0.29, 0.717) is 0 Å². The third kappa shape index (κ3) is 2.70. The van der Waals surface area contributed by atoms with Crippen molar-refractivity contribution in [3.63, 3.8) is 0 Å². The molecule has 0 aliphatic carbocycles. The van der Waals surface area contributed by atoms with Crippen LogP contribution in [0.1, 0.15) is 0 Å². The van der Waals surface area contributed by atoms with E-state index < -0.39 is 23.1 Å². The summed E-state index contributed by atoms with van der Waals surface area (Å²) in [6.07, 6.45) is 0. The zero-order valence-electron chi connectivity index (χ0n) is 7.44. The van der Waals surface area contributed by atoms with Crippen LogP contribution in [0.3, 0.4) is 0 Å². The SMILES string of the molecule is C[Si](C)c1ccc([Si](F)(F)F)cc1. The van der Waals surface area contributed by atoms with Crippen molar-refractivity contribution in [2.24, 2.45) is 0 Å². The highest BCUT2D eigenvalue weighted by atomic mass is 28.5. The monoisotopic (exact) mass is 219 g/mol. The molecule has 0 atom stereocenters. The lowest BCUT2D eigenvalue weighted by atomic mass is 10.4. The summed E-state index contributed by atoms with van der Waals surface area (Å²) in [7, 11) is -6.21. The fourth-order valence-corrected chi connectivity index (χ4v) is 2.37. The summed E-state index contributed by atoms with van der Waals surface area (Å²) in [4.78, 5) is 0. The molecule has 0 bridgehead atoms. The molecule has 1 aromatic rings. The summed E-state index contributed by atoms with van der Waals surface area (Å²) in [5, 5.41) is 0.617. The number of hydrogen-bond acceptors (Lipinski definition) is 0. The third-order valence-electron chi connectivity index (χ3n) is 1.79. The molecule has 0 N–H and O–H groups in total. The van der Waals surface area contributed by atoms with E-state index in [9.17, 15) is 12.3 Å². The number of halogens is 3. The van der Waals surface area contributed by atoms with Crippen molar-refractivity contribution >= 4 is 28.2 Å². The minimum atomic E-state index is -5.58. The van der Waals surface area contributed by atoms with E-state index in [1.807, 2.05) is 0 Å². The molecular formula is C8H10F3Si2. The largest absolute Gasteiger partial charge is 0.653 e. The highest BCUT2D eigenvalue weighted by molar-refractivity contribution is 6.74. The smallest absolute Gasteiger partial charge is 0.234 e. The molecule has 5 heteroatoms. The van der Waals surface area contributed by atoms with Crippen molar-refractivity contribution in [3.8, 4) is 0 Å². The first kappa shape index (κ1) is 10.5. The van der Waals surface area contributed by atoms with Gasteiger partial charge in [-0.05, 0) is 0 Å². The van der Waals surface area contributed by atoms with E-state index in [4.69, 9.17) is 0 Å². The van der Waals surface area contributed by atoms with Gasteiger partial charge in [0.15, 0.2) is 0 Å². The standard InChI is InChI=1S/C8H10F3Si2/c1-12(2)7-3-5-8(6-4-7)13(9,10)11/h3-6H,1-2H3. The van der Waals surface area contributed by atoms with Crippen LogP contribution in [0.25, 0.3) is 0 Å². The van der Waals surface area contributed by atoms with Crippen molar-refractivity contribution in [1.29, 1.82) is 0 Å². The van der Waals surface area contributed by atoms with Gasteiger partial charge in [-0.3, -0.25) is 0 Å². The first-order chi connectivity index (χ1) is 5.91. The van der Waals surface area contributed by atoms with Gasteiger partial charge in [-0.25, -0.2) is 12.3 Å². The quantitative estimate of drug-likeness (QED) is 0.524. The summed E-state index contributed by atoms with van der Waals surface area (Å²) >= 11 is 0. The Morgan fingerprint density at radius 2 is 1.46 bits per heavy atom. The molecule has 0 fully saturated rings. The maximum absolute atomic E-state index is 12.3. The van der Waals surface area contributed by atoms with Crippen molar-refractivity contribution in [1.82, 2.24) is 0 Å². The molecule has 0 aliphatic heterocycles. The predicted molar refractivity (Wildman–Crippen MR) is 52.3 cm³/mol. The van der Waals surface area contributed by atoms with E-state index in [2.05, 4.69) is 13.1 Å². The van der Waals surface area contributed by atoms with Crippen LogP contribution in [0.4, 0.5) is 12.3 Å². The summed E-state index contributed by atoms with van der Waals surface area (Å²) in [5.41, 5.74) is 0. The van der Waals surface area contributed by atoms with Crippen LogP contribution in [0.5, 0.6) is 0 Å². The minimum Gasteiger partial charge on any atom is -0.234 e. The molecule has 0 spiro atoms. The van der Waals surface area contributed by atoms with Gasteiger partial charge in [-0.2, -0.15) is 0 Å². The van der Waals surface area contributed by atoms with Crippen molar-refractivity contribution in [3.05, 3.63) is 24.3 Å². The van der Waals surface area contributed by atoms with Crippen molar-refractivity contribution < 1.29 is 12.3 Å². The summed E-state index contributed by atoms with van der Waals surface area (Å²) in [6, 6.07) is 5.62. The van der Waals surface area contributed by atoms with E-state index >= 15 is 0 Å². The predicted octanol–water partition coefficient (Wildman–Crippen LogP) is 1.70. The van der Waals surface area contributed by atoms with Crippen molar-refractivity contribution in [2.75, 3.05) is 0 Å². The van der Waals surface area contributed by atoms with E-state index in [1.165, 1.54) is 12.1 Å². The average molecular weight is 219 g/mol. The average Bonchev–Trinajstić information content (AvgIpc) is 2.03. The number of hydrogen-bond donors (Lipinski definition) is 0. The van der Waals surface area contributed by atoms with Gasteiger partial charge in [0.1, 0.15) is 0 Å². The summed E-state index contributed by atoms with van der Waals surface area (Å²) in [6.45, 7) is 4.12. The van der Waals surface area contributed by atoms with E-state index in [1.54, 1.807) is 12.1 Å². The maximum atomic E-state index is 12.3. The van der Waals surface area contributed by atoms with Gasteiger partial charge in [-0.1, -0.05) is 42.5 Å². The lowest BCUT2D eigenvalue weighted by Gasteiger charge is -2.06. The van der Waals surface area contributed by atoms with Gasteiger partial charge < -0.3 is 0 Å². The molecule has 1 aromatic carbocycles. The van der Waals surface area contributed by atoms with Gasteiger partial charge in [0.25, 0.3) is 0 Å². The zero-order chi connectivity index (χ0) is 10.1. The Morgan fingerprint density at radius 1 is 1.00 bits per heavy atom. The zero-order valence-corrected chi connectivity index (χ0v) is 9.44. The Hall–Kier alpha value is -0.556. The Kier molecular flexibility index (Phi) is 2.97. The number of benzene rings is 1. The fraction of sp³-hybridized carbons (Fsp3) is 0.250. The van der Waals surface area contributed by atoms with E-state index in [-0.39, 0.29) is 0 Å². The second-order valence-electron chi connectivity index (χ2n) is 3.08. The summed E-state index contributed by atoms with van der Waals surface area (Å²) in [5.74, 6) is 0. The molecule has 0 aliphatic rings. The van der Waals surface area contributed by atoms with Crippen LogP contribution < -0.4 is 10.4 Å². The van der Waals surface area contributed by atoms with Gasteiger partial charge in [0.05, 0.1) is 8.80 Å². The molecule has 0 nitrogen and oxygen atoms in total.